The second-order valence-corrected chi connectivity index (χ2v) is 8.27. The highest BCUT2D eigenvalue weighted by Crippen LogP contribution is 2.36. The van der Waals surface area contributed by atoms with E-state index in [2.05, 4.69) is 12.1 Å². The summed E-state index contributed by atoms with van der Waals surface area (Å²) in [6.45, 7) is 0.951. The third-order valence-electron chi connectivity index (χ3n) is 6.12. The van der Waals surface area contributed by atoms with Crippen LogP contribution in [0.25, 0.3) is 0 Å². The Balaban J connectivity index is 1.43. The fourth-order valence-corrected chi connectivity index (χ4v) is 4.61. The zero-order chi connectivity index (χ0) is 20.1. The van der Waals surface area contributed by atoms with E-state index in [-0.39, 0.29) is 18.5 Å². The first-order chi connectivity index (χ1) is 14.2. The molecule has 0 aromatic heterocycles. The zero-order valence-electron chi connectivity index (χ0n) is 17.2. The van der Waals surface area contributed by atoms with E-state index >= 15 is 0 Å². The number of carbonyl (C=O) groups excluding carboxylic acids is 1. The van der Waals surface area contributed by atoms with Gasteiger partial charge in [-0.15, -0.1) is 0 Å². The van der Waals surface area contributed by atoms with Crippen molar-refractivity contribution in [3.63, 3.8) is 0 Å². The number of ketones is 1. The first-order valence-electron chi connectivity index (χ1n) is 10.7. The Morgan fingerprint density at radius 1 is 1.00 bits per heavy atom. The van der Waals surface area contributed by atoms with Crippen LogP contribution in [0.1, 0.15) is 53.6 Å². The largest absolute Gasteiger partial charge is 0.493 e. The fraction of sp³-hybridized carbons (Fsp3) is 0.480. The van der Waals surface area contributed by atoms with Gasteiger partial charge < -0.3 is 14.2 Å². The summed E-state index contributed by atoms with van der Waals surface area (Å²) >= 11 is 0. The van der Waals surface area contributed by atoms with Crippen LogP contribution in [0, 0.1) is 11.8 Å². The number of Topliss-reactive ketones (excluding diaryl/α,β-unsaturated/α-hetero) is 1. The zero-order valence-corrected chi connectivity index (χ0v) is 17.2. The molecule has 29 heavy (non-hydrogen) atoms. The summed E-state index contributed by atoms with van der Waals surface area (Å²) in [5.74, 6) is 2.34. The summed E-state index contributed by atoms with van der Waals surface area (Å²) < 4.78 is 16.7. The number of ether oxygens (including phenoxy) is 3. The lowest BCUT2D eigenvalue weighted by molar-refractivity contribution is 0.0510. The van der Waals surface area contributed by atoms with Gasteiger partial charge in [0.25, 0.3) is 0 Å². The van der Waals surface area contributed by atoms with Crippen molar-refractivity contribution in [3.8, 4) is 11.5 Å². The highest BCUT2D eigenvalue weighted by molar-refractivity contribution is 6.04. The van der Waals surface area contributed by atoms with Gasteiger partial charge in [-0.05, 0) is 60.9 Å². The van der Waals surface area contributed by atoms with Gasteiger partial charge in [0.1, 0.15) is 11.5 Å². The number of methoxy groups -OCH3 is 1. The number of benzene rings is 2. The number of fused-ring (bicyclic) bond motifs is 1. The van der Waals surface area contributed by atoms with Gasteiger partial charge in [0.15, 0.2) is 12.6 Å². The molecule has 4 rings (SSSR count). The van der Waals surface area contributed by atoms with Gasteiger partial charge in [-0.25, -0.2) is 0 Å². The molecule has 1 fully saturated rings. The molecule has 0 heterocycles. The maximum absolute atomic E-state index is 13.2. The van der Waals surface area contributed by atoms with Crippen LogP contribution in [0.4, 0.5) is 0 Å². The predicted molar refractivity (Wildman–Crippen MR) is 113 cm³/mol. The topological polar surface area (TPSA) is 44.8 Å². The molecule has 2 aliphatic carbocycles. The van der Waals surface area contributed by atoms with Crippen LogP contribution >= 0.6 is 0 Å². The monoisotopic (exact) mass is 394 g/mol. The molecule has 0 N–H and O–H groups in total. The summed E-state index contributed by atoms with van der Waals surface area (Å²) in [7, 11) is 1.60. The van der Waals surface area contributed by atoms with Crippen LogP contribution in [0.5, 0.6) is 11.5 Å². The van der Waals surface area contributed by atoms with Crippen LogP contribution in [-0.2, 0) is 17.6 Å². The van der Waals surface area contributed by atoms with E-state index in [1.54, 1.807) is 7.11 Å². The van der Waals surface area contributed by atoms with E-state index < -0.39 is 0 Å². The number of hydrogen-bond donors (Lipinski definition) is 0. The van der Waals surface area contributed by atoms with Crippen LogP contribution in [0.3, 0.4) is 0 Å². The Morgan fingerprint density at radius 3 is 2.66 bits per heavy atom. The molecule has 1 atom stereocenters. The molecule has 0 bridgehead atoms. The maximum atomic E-state index is 13.2. The SMILES string of the molecule is COCOc1cccc(CC2Cc3cccc(OCC4CCCCC4)c3C2=O)c1. The van der Waals surface area contributed by atoms with Gasteiger partial charge in [0.05, 0.1) is 12.2 Å². The Morgan fingerprint density at radius 2 is 1.83 bits per heavy atom. The van der Waals surface area contributed by atoms with Gasteiger partial charge in [-0.1, -0.05) is 43.5 Å². The van der Waals surface area contributed by atoms with Crippen molar-refractivity contribution in [1.29, 1.82) is 0 Å². The molecule has 154 valence electrons. The summed E-state index contributed by atoms with van der Waals surface area (Å²) in [6, 6.07) is 14.0. The number of carbonyl (C=O) groups is 1. The smallest absolute Gasteiger partial charge is 0.188 e. The van der Waals surface area contributed by atoms with Crippen molar-refractivity contribution in [3.05, 3.63) is 59.2 Å². The first-order valence-corrected chi connectivity index (χ1v) is 10.7. The highest BCUT2D eigenvalue weighted by Gasteiger charge is 2.33. The average molecular weight is 395 g/mol. The molecule has 0 amide bonds. The molecule has 0 spiro atoms. The van der Waals surface area contributed by atoms with E-state index in [1.165, 1.54) is 32.1 Å². The maximum Gasteiger partial charge on any atom is 0.188 e. The molecular weight excluding hydrogens is 364 g/mol. The van der Waals surface area contributed by atoms with Crippen LogP contribution in [0.15, 0.2) is 42.5 Å². The van der Waals surface area contributed by atoms with Crippen LogP contribution in [-0.4, -0.2) is 26.3 Å². The Bertz CT molecular complexity index is 838. The quantitative estimate of drug-likeness (QED) is 0.576. The van der Waals surface area contributed by atoms with Crippen molar-refractivity contribution in [1.82, 2.24) is 0 Å². The lowest BCUT2D eigenvalue weighted by atomic mass is 9.90. The Kier molecular flexibility index (Phi) is 6.50. The molecule has 1 saturated carbocycles. The molecule has 2 aromatic carbocycles. The predicted octanol–water partition coefficient (Wildman–Crippen LogP) is 5.23. The van der Waals surface area contributed by atoms with Gasteiger partial charge in [0, 0.05) is 13.0 Å². The normalized spacial score (nSPS) is 19.2. The molecule has 4 nitrogen and oxygen atoms in total. The fourth-order valence-electron chi connectivity index (χ4n) is 4.61. The third kappa shape index (κ3) is 4.81. The Labute approximate surface area is 173 Å². The third-order valence-corrected chi connectivity index (χ3v) is 6.12. The van der Waals surface area contributed by atoms with E-state index in [4.69, 9.17) is 14.2 Å². The number of hydrogen-bond acceptors (Lipinski definition) is 4. The Hall–Kier alpha value is -2.33. The standard InChI is InChI=1S/C25H30O4/c1-27-17-29-22-11-5-9-19(14-22)13-21-15-20-10-6-12-23(24(20)25(21)26)28-16-18-7-3-2-4-8-18/h5-6,9-12,14,18,21H,2-4,7-8,13,15-17H2,1H3. The second-order valence-electron chi connectivity index (χ2n) is 8.27. The van der Waals surface area contributed by atoms with E-state index in [0.717, 1.165) is 41.2 Å². The van der Waals surface area contributed by atoms with E-state index in [1.807, 2.05) is 30.3 Å². The minimum atomic E-state index is -0.0397. The van der Waals surface area contributed by atoms with Crippen molar-refractivity contribution in [2.24, 2.45) is 11.8 Å². The molecule has 0 aliphatic heterocycles. The van der Waals surface area contributed by atoms with Crippen molar-refractivity contribution in [2.45, 2.75) is 44.9 Å². The first kappa shape index (κ1) is 20.0. The van der Waals surface area contributed by atoms with Gasteiger partial charge in [0.2, 0.25) is 0 Å². The van der Waals surface area contributed by atoms with Gasteiger partial charge >= 0.3 is 0 Å². The highest BCUT2D eigenvalue weighted by atomic mass is 16.7. The molecule has 1 unspecified atom stereocenters. The molecule has 0 saturated heterocycles. The molecule has 0 radical (unpaired) electrons. The van der Waals surface area contributed by atoms with Crippen molar-refractivity contribution >= 4 is 5.78 Å². The van der Waals surface area contributed by atoms with E-state index in [9.17, 15) is 4.79 Å². The number of rotatable bonds is 8. The van der Waals surface area contributed by atoms with Crippen molar-refractivity contribution < 1.29 is 19.0 Å². The summed E-state index contributed by atoms with van der Waals surface area (Å²) in [4.78, 5) is 13.2. The van der Waals surface area contributed by atoms with Crippen LogP contribution < -0.4 is 9.47 Å². The molecule has 2 aliphatic rings. The molecule has 4 heteroatoms. The summed E-state index contributed by atoms with van der Waals surface area (Å²) in [5.41, 5.74) is 3.03. The lowest BCUT2D eigenvalue weighted by Crippen LogP contribution is -2.17. The average Bonchev–Trinajstić information content (AvgIpc) is 3.07. The van der Waals surface area contributed by atoms with Gasteiger partial charge in [-0.3, -0.25) is 4.79 Å². The van der Waals surface area contributed by atoms with Crippen LogP contribution in [0.2, 0.25) is 0 Å². The minimum absolute atomic E-state index is 0.0397. The summed E-state index contributed by atoms with van der Waals surface area (Å²) in [5, 5.41) is 0. The van der Waals surface area contributed by atoms with Gasteiger partial charge in [-0.2, -0.15) is 0 Å². The van der Waals surface area contributed by atoms with Crippen molar-refractivity contribution in [2.75, 3.05) is 20.5 Å². The second kappa shape index (κ2) is 9.45. The minimum Gasteiger partial charge on any atom is -0.493 e. The molecule has 2 aromatic rings. The lowest BCUT2D eigenvalue weighted by Gasteiger charge is -2.22. The summed E-state index contributed by atoms with van der Waals surface area (Å²) in [6.07, 6.45) is 7.91. The molecular formula is C25H30O4. The van der Waals surface area contributed by atoms with E-state index in [0.29, 0.717) is 12.3 Å².